The molecule has 6 nitrogen and oxygen atoms in total. The number of hydrogen-bond acceptors (Lipinski definition) is 4. The lowest BCUT2D eigenvalue weighted by Gasteiger charge is -2.12. The van der Waals surface area contributed by atoms with Crippen LogP contribution >= 0.6 is 27.5 Å². The first kappa shape index (κ1) is 21.3. The summed E-state index contributed by atoms with van der Waals surface area (Å²) in [5, 5.41) is 15.1. The van der Waals surface area contributed by atoms with Gasteiger partial charge in [-0.05, 0) is 36.4 Å². The summed E-state index contributed by atoms with van der Waals surface area (Å²) in [4.78, 5) is 21.0. The van der Waals surface area contributed by atoms with Crippen LogP contribution in [0.25, 0.3) is 33.2 Å². The number of nitrogens with zero attached hydrogens (tertiary/aromatic N) is 1. The van der Waals surface area contributed by atoms with Crippen molar-refractivity contribution in [3.05, 3.63) is 57.5 Å². The second kappa shape index (κ2) is 7.93. The smallest absolute Gasteiger partial charge is 0.437 e. The maximum atomic E-state index is 13.9. The van der Waals surface area contributed by atoms with Gasteiger partial charge in [0.2, 0.25) is 0 Å². The van der Waals surface area contributed by atoms with Crippen molar-refractivity contribution in [1.82, 2.24) is 9.97 Å². The number of aliphatic carboxylic acids is 1. The van der Waals surface area contributed by atoms with Gasteiger partial charge in [0.15, 0.2) is 12.3 Å². The molecule has 0 fully saturated rings. The first-order chi connectivity index (χ1) is 14.6. The molecule has 160 valence electrons. The Kier molecular flexibility index (Phi) is 5.44. The number of carboxylic acids is 1. The summed E-state index contributed by atoms with van der Waals surface area (Å²) in [6, 6.07) is 11.4. The molecule has 0 spiro atoms. The van der Waals surface area contributed by atoms with Crippen molar-refractivity contribution >= 4 is 61.0 Å². The Morgan fingerprint density at radius 1 is 1.13 bits per heavy atom. The molecule has 0 amide bonds. The average Bonchev–Trinajstić information content (AvgIpc) is 3.24. The second-order valence-electron chi connectivity index (χ2n) is 6.56. The van der Waals surface area contributed by atoms with Gasteiger partial charge in [0, 0.05) is 36.9 Å². The summed E-state index contributed by atoms with van der Waals surface area (Å²) in [5.41, 5.74) is -0.123. The normalized spacial score (nSPS) is 12.6. The Labute approximate surface area is 185 Å². The van der Waals surface area contributed by atoms with E-state index in [1.165, 1.54) is 6.07 Å². The van der Waals surface area contributed by atoms with Gasteiger partial charge >= 0.3 is 6.18 Å². The predicted octanol–water partition coefficient (Wildman–Crippen LogP) is 4.77. The van der Waals surface area contributed by atoms with Crippen LogP contribution in [-0.2, 0) is 9.63 Å². The van der Waals surface area contributed by atoms with E-state index in [0.29, 0.717) is 31.6 Å². The number of aromatic nitrogens is 2. The van der Waals surface area contributed by atoms with Gasteiger partial charge in [0.25, 0.3) is 0 Å². The van der Waals surface area contributed by atoms with E-state index in [2.05, 4.69) is 35.9 Å². The van der Waals surface area contributed by atoms with Crippen molar-refractivity contribution in [1.29, 1.82) is 0 Å². The number of H-pyrrole nitrogens is 2. The molecule has 0 aliphatic carbocycles. The molecular formula is C20H11BrClF3N3O3-. The summed E-state index contributed by atoms with van der Waals surface area (Å²) in [7, 11) is 0. The van der Waals surface area contributed by atoms with Crippen molar-refractivity contribution < 1.29 is 27.9 Å². The standard InChI is InChI=1S/C20H12BrClF3N3O3/c21-10-1-3-12-14(7-10)27-18(15-6-9-5-11(22)2-4-13(9)26-15)17(12)19(20(23,24)25)28-31-8-16(29)30/h1-7,26-27H,8H2,(H,29,30)/p-1/b28-19-. The van der Waals surface area contributed by atoms with Crippen LogP contribution in [-0.4, -0.2) is 34.4 Å². The van der Waals surface area contributed by atoms with Gasteiger partial charge < -0.3 is 24.7 Å². The predicted molar refractivity (Wildman–Crippen MR) is 112 cm³/mol. The highest BCUT2D eigenvalue weighted by atomic mass is 79.9. The van der Waals surface area contributed by atoms with Crippen LogP contribution in [0.1, 0.15) is 5.56 Å². The topological polar surface area (TPSA) is 93.3 Å². The molecule has 0 radical (unpaired) electrons. The first-order valence-corrected chi connectivity index (χ1v) is 9.88. The fourth-order valence-electron chi connectivity index (χ4n) is 3.24. The summed E-state index contributed by atoms with van der Waals surface area (Å²) in [6.45, 7) is -1.12. The van der Waals surface area contributed by atoms with Gasteiger partial charge in [0.1, 0.15) is 0 Å². The minimum Gasteiger partial charge on any atom is -0.546 e. The highest BCUT2D eigenvalue weighted by Crippen LogP contribution is 2.37. The number of oxime groups is 1. The van der Waals surface area contributed by atoms with Crippen LogP contribution < -0.4 is 5.11 Å². The number of alkyl halides is 3. The maximum absolute atomic E-state index is 13.9. The van der Waals surface area contributed by atoms with Crippen LogP contribution in [0.5, 0.6) is 0 Å². The molecule has 0 bridgehead atoms. The lowest BCUT2D eigenvalue weighted by atomic mass is 10.0. The van der Waals surface area contributed by atoms with Crippen LogP contribution in [0.15, 0.2) is 52.1 Å². The summed E-state index contributed by atoms with van der Waals surface area (Å²) < 4.78 is 42.5. The second-order valence-corrected chi connectivity index (χ2v) is 7.91. The number of carboxylic acid groups (broad SMARTS) is 1. The largest absolute Gasteiger partial charge is 0.546 e. The summed E-state index contributed by atoms with van der Waals surface area (Å²) >= 11 is 9.32. The number of halogens is 5. The van der Waals surface area contributed by atoms with Gasteiger partial charge in [-0.3, -0.25) is 0 Å². The van der Waals surface area contributed by atoms with E-state index in [9.17, 15) is 23.1 Å². The average molecular weight is 514 g/mol. The summed E-state index contributed by atoms with van der Waals surface area (Å²) in [6.07, 6.45) is -4.93. The number of nitrogens with one attached hydrogen (secondary N) is 2. The highest BCUT2D eigenvalue weighted by Gasteiger charge is 2.41. The van der Waals surface area contributed by atoms with E-state index in [-0.39, 0.29) is 16.6 Å². The lowest BCUT2D eigenvalue weighted by molar-refractivity contribution is -0.309. The van der Waals surface area contributed by atoms with Crippen LogP contribution in [0.3, 0.4) is 0 Å². The molecule has 0 aliphatic rings. The number of carbonyl (C=O) groups is 1. The number of fused-ring (bicyclic) bond motifs is 2. The zero-order valence-corrected chi connectivity index (χ0v) is 17.7. The van der Waals surface area contributed by atoms with E-state index in [1.807, 2.05) is 0 Å². The Balaban J connectivity index is 1.98. The van der Waals surface area contributed by atoms with Crippen LogP contribution in [0.4, 0.5) is 13.2 Å². The van der Waals surface area contributed by atoms with Gasteiger partial charge in [-0.15, -0.1) is 0 Å². The summed E-state index contributed by atoms with van der Waals surface area (Å²) in [5.74, 6) is -1.69. The maximum Gasteiger partial charge on any atom is 0.437 e. The monoisotopic (exact) mass is 512 g/mol. The van der Waals surface area contributed by atoms with E-state index in [1.54, 1.807) is 36.4 Å². The van der Waals surface area contributed by atoms with E-state index >= 15 is 0 Å². The van der Waals surface area contributed by atoms with Crippen LogP contribution in [0, 0.1) is 0 Å². The fraction of sp³-hybridized carbons (Fsp3) is 0.100. The number of hydrogen-bond donors (Lipinski definition) is 2. The third-order valence-corrected chi connectivity index (χ3v) is 5.18. The van der Waals surface area contributed by atoms with Gasteiger partial charge in [-0.25, -0.2) is 0 Å². The van der Waals surface area contributed by atoms with Crippen molar-refractivity contribution in [3.8, 4) is 11.4 Å². The van der Waals surface area contributed by atoms with Crippen molar-refractivity contribution in [2.45, 2.75) is 6.18 Å². The minimum atomic E-state index is -4.93. The number of rotatable bonds is 5. The molecule has 2 aromatic carbocycles. The fourth-order valence-corrected chi connectivity index (χ4v) is 3.79. The molecule has 31 heavy (non-hydrogen) atoms. The Bertz CT molecular complexity index is 1340. The Morgan fingerprint density at radius 3 is 2.61 bits per heavy atom. The molecule has 2 heterocycles. The minimum absolute atomic E-state index is 0.105. The molecule has 0 aliphatic heterocycles. The SMILES string of the molecule is O=C([O-])CO/N=C(/c1c(-c2cc3cc(Cl)ccc3[nH]2)[nH]c2cc(Br)ccc12)C(F)(F)F. The molecule has 0 atom stereocenters. The first-order valence-electron chi connectivity index (χ1n) is 8.70. The van der Waals surface area contributed by atoms with E-state index in [4.69, 9.17) is 11.6 Å². The van der Waals surface area contributed by atoms with Gasteiger partial charge in [-0.2, -0.15) is 13.2 Å². The van der Waals surface area contributed by atoms with Crippen LogP contribution in [0.2, 0.25) is 5.02 Å². The van der Waals surface area contributed by atoms with Crippen molar-refractivity contribution in [2.24, 2.45) is 5.16 Å². The molecule has 4 aromatic rings. The third-order valence-electron chi connectivity index (χ3n) is 4.46. The van der Waals surface area contributed by atoms with Gasteiger partial charge in [0.05, 0.1) is 17.4 Å². The molecule has 4 rings (SSSR count). The molecule has 0 unspecified atom stereocenters. The number of aromatic amines is 2. The quantitative estimate of drug-likeness (QED) is 0.298. The lowest BCUT2D eigenvalue weighted by Crippen LogP contribution is -2.29. The Morgan fingerprint density at radius 2 is 1.90 bits per heavy atom. The van der Waals surface area contributed by atoms with Crippen molar-refractivity contribution in [2.75, 3.05) is 6.61 Å². The van der Waals surface area contributed by atoms with Crippen molar-refractivity contribution in [3.63, 3.8) is 0 Å². The molecule has 11 heteroatoms. The molecular weight excluding hydrogens is 503 g/mol. The highest BCUT2D eigenvalue weighted by molar-refractivity contribution is 9.10. The van der Waals surface area contributed by atoms with E-state index in [0.717, 1.165) is 0 Å². The molecule has 2 aromatic heterocycles. The molecule has 0 saturated heterocycles. The zero-order chi connectivity index (χ0) is 22.3. The zero-order valence-electron chi connectivity index (χ0n) is 15.3. The van der Waals surface area contributed by atoms with E-state index < -0.39 is 24.5 Å². The number of carbonyl (C=O) groups excluding carboxylic acids is 1. The molecule has 2 N–H and O–H groups in total. The van der Waals surface area contributed by atoms with Gasteiger partial charge in [-0.1, -0.05) is 38.8 Å². The number of benzene rings is 2. The third kappa shape index (κ3) is 4.26. The molecule has 0 saturated carbocycles. The Hall–Kier alpha value is -2.98.